The zero-order chi connectivity index (χ0) is 17.1. The average Bonchev–Trinajstić information content (AvgIpc) is 2.96. The van der Waals surface area contributed by atoms with Gasteiger partial charge in [-0.2, -0.15) is 4.99 Å². The summed E-state index contributed by atoms with van der Waals surface area (Å²) in [6.45, 7) is 3.50. The van der Waals surface area contributed by atoms with Crippen molar-refractivity contribution in [1.29, 1.82) is 0 Å². The molecule has 0 aliphatic heterocycles. The third-order valence-electron chi connectivity index (χ3n) is 3.63. The molecule has 5 heteroatoms. The zero-order valence-electron chi connectivity index (χ0n) is 13.4. The number of Topliss-reactive ketones (excluding diaryl/α,β-unsaturated/α-hetero) is 1. The van der Waals surface area contributed by atoms with Crippen molar-refractivity contribution in [3.8, 4) is 5.69 Å². The number of benzene rings is 2. The lowest BCUT2D eigenvalue weighted by atomic mass is 10.1. The van der Waals surface area contributed by atoms with Crippen LogP contribution in [0.3, 0.4) is 0 Å². The smallest absolute Gasteiger partial charge is 0.279 e. The molecule has 0 spiro atoms. The van der Waals surface area contributed by atoms with Gasteiger partial charge >= 0.3 is 0 Å². The van der Waals surface area contributed by atoms with Crippen molar-refractivity contribution in [3.63, 3.8) is 0 Å². The van der Waals surface area contributed by atoms with Crippen molar-refractivity contribution in [1.82, 2.24) is 4.57 Å². The largest absolute Gasteiger partial charge is 0.295 e. The van der Waals surface area contributed by atoms with Gasteiger partial charge < -0.3 is 0 Å². The molecule has 0 aliphatic carbocycles. The summed E-state index contributed by atoms with van der Waals surface area (Å²) >= 11 is 1.41. The lowest BCUT2D eigenvalue weighted by molar-refractivity contribution is 0.0994. The van der Waals surface area contributed by atoms with Crippen LogP contribution in [-0.2, 0) is 0 Å². The summed E-state index contributed by atoms with van der Waals surface area (Å²) in [5.74, 6) is -0.246. The number of carbonyl (C=O) groups excluding carboxylic acids is 2. The van der Waals surface area contributed by atoms with Gasteiger partial charge in [0.15, 0.2) is 10.6 Å². The van der Waals surface area contributed by atoms with E-state index in [1.807, 2.05) is 47.2 Å². The van der Waals surface area contributed by atoms with Gasteiger partial charge in [0.05, 0.1) is 0 Å². The van der Waals surface area contributed by atoms with Crippen LogP contribution >= 0.6 is 11.3 Å². The molecule has 1 aromatic heterocycles. The fourth-order valence-electron chi connectivity index (χ4n) is 2.36. The lowest BCUT2D eigenvalue weighted by Crippen LogP contribution is -2.16. The average molecular weight is 336 g/mol. The van der Waals surface area contributed by atoms with Gasteiger partial charge in [-0.05, 0) is 50.2 Å². The highest BCUT2D eigenvalue weighted by atomic mass is 32.1. The number of hydrogen-bond donors (Lipinski definition) is 0. The highest BCUT2D eigenvalue weighted by molar-refractivity contribution is 7.07. The number of aromatic nitrogens is 1. The Kier molecular flexibility index (Phi) is 4.53. The number of nitrogens with zero attached hydrogens (tertiary/aromatic N) is 2. The van der Waals surface area contributed by atoms with E-state index in [4.69, 9.17) is 0 Å². The van der Waals surface area contributed by atoms with Gasteiger partial charge in [-0.1, -0.05) is 18.2 Å². The molecule has 1 amide bonds. The summed E-state index contributed by atoms with van der Waals surface area (Å²) < 4.78 is 1.91. The van der Waals surface area contributed by atoms with Crippen LogP contribution in [0.4, 0.5) is 0 Å². The second-order valence-electron chi connectivity index (χ2n) is 5.38. The van der Waals surface area contributed by atoms with Crippen LogP contribution in [0.2, 0.25) is 0 Å². The van der Waals surface area contributed by atoms with E-state index >= 15 is 0 Å². The van der Waals surface area contributed by atoms with Gasteiger partial charge in [-0.15, -0.1) is 11.3 Å². The first-order valence-electron chi connectivity index (χ1n) is 7.49. The molecule has 0 saturated heterocycles. The van der Waals surface area contributed by atoms with E-state index in [-0.39, 0.29) is 11.7 Å². The number of ketones is 1. The molecular formula is C19H16N2O2S. The predicted octanol–water partition coefficient (Wildman–Crippen LogP) is 3.79. The van der Waals surface area contributed by atoms with Crippen molar-refractivity contribution in [3.05, 3.63) is 81.6 Å². The molecule has 2 aromatic carbocycles. The molecule has 0 fully saturated rings. The molecule has 1 heterocycles. The van der Waals surface area contributed by atoms with Crippen LogP contribution in [0.25, 0.3) is 5.69 Å². The third kappa shape index (κ3) is 3.26. The summed E-state index contributed by atoms with van der Waals surface area (Å²) in [5, 5.41) is 1.95. The Morgan fingerprint density at radius 1 is 0.958 bits per heavy atom. The summed E-state index contributed by atoms with van der Waals surface area (Å²) in [6.07, 6.45) is 0. The van der Waals surface area contributed by atoms with E-state index in [1.54, 1.807) is 24.3 Å². The third-order valence-corrected chi connectivity index (χ3v) is 4.57. The lowest BCUT2D eigenvalue weighted by Gasteiger charge is -2.06. The van der Waals surface area contributed by atoms with Gasteiger partial charge in [0.2, 0.25) is 0 Å². The summed E-state index contributed by atoms with van der Waals surface area (Å²) in [4.78, 5) is 28.6. The Balaban J connectivity index is 2.04. The first-order chi connectivity index (χ1) is 11.6. The molecule has 0 unspecified atom stereocenters. The van der Waals surface area contributed by atoms with E-state index in [2.05, 4.69) is 4.99 Å². The number of aryl methyl sites for hydroxylation is 1. The maximum absolute atomic E-state index is 12.3. The standard InChI is InChI=1S/C19H16N2O2S/c1-13-12-24-19(20-18(23)16-6-4-3-5-7-16)21(13)17-10-8-15(9-11-17)14(2)22/h3-12H,1-2H3. The second kappa shape index (κ2) is 6.76. The molecule has 0 radical (unpaired) electrons. The van der Waals surface area contributed by atoms with Crippen LogP contribution in [-0.4, -0.2) is 16.3 Å². The molecule has 3 rings (SSSR count). The molecule has 0 atom stereocenters. The van der Waals surface area contributed by atoms with Crippen molar-refractivity contribution >= 4 is 23.0 Å². The number of thiazole rings is 1. The van der Waals surface area contributed by atoms with Crippen molar-refractivity contribution in [2.45, 2.75) is 13.8 Å². The molecule has 24 heavy (non-hydrogen) atoms. The van der Waals surface area contributed by atoms with Gasteiger partial charge in [-0.25, -0.2) is 0 Å². The van der Waals surface area contributed by atoms with Crippen LogP contribution in [0, 0.1) is 6.92 Å². The fraction of sp³-hybridized carbons (Fsp3) is 0.105. The molecule has 0 aliphatic rings. The maximum Gasteiger partial charge on any atom is 0.279 e. The minimum absolute atomic E-state index is 0.0257. The van der Waals surface area contributed by atoms with E-state index in [0.29, 0.717) is 15.9 Å². The summed E-state index contributed by atoms with van der Waals surface area (Å²) in [5.41, 5.74) is 3.07. The van der Waals surface area contributed by atoms with Gasteiger partial charge in [0, 0.05) is 27.9 Å². The quantitative estimate of drug-likeness (QED) is 0.683. The topological polar surface area (TPSA) is 51.4 Å². The highest BCUT2D eigenvalue weighted by Gasteiger charge is 2.08. The minimum Gasteiger partial charge on any atom is -0.295 e. The Labute approximate surface area is 143 Å². The van der Waals surface area contributed by atoms with Crippen molar-refractivity contribution in [2.24, 2.45) is 4.99 Å². The van der Waals surface area contributed by atoms with E-state index in [0.717, 1.165) is 11.4 Å². The fourth-order valence-corrected chi connectivity index (χ4v) is 3.23. The molecular weight excluding hydrogens is 320 g/mol. The number of amides is 1. The van der Waals surface area contributed by atoms with Crippen molar-refractivity contribution in [2.75, 3.05) is 0 Å². The minimum atomic E-state index is -0.272. The van der Waals surface area contributed by atoms with Gasteiger partial charge in [0.1, 0.15) is 0 Å². The Morgan fingerprint density at radius 3 is 2.25 bits per heavy atom. The maximum atomic E-state index is 12.3. The Bertz CT molecular complexity index is 951. The molecule has 0 N–H and O–H groups in total. The van der Waals surface area contributed by atoms with Crippen LogP contribution in [0.5, 0.6) is 0 Å². The van der Waals surface area contributed by atoms with Crippen molar-refractivity contribution < 1.29 is 9.59 Å². The summed E-state index contributed by atoms with van der Waals surface area (Å²) in [7, 11) is 0. The Hall–Kier alpha value is -2.79. The summed E-state index contributed by atoms with van der Waals surface area (Å²) in [6, 6.07) is 16.3. The van der Waals surface area contributed by atoms with E-state index in [1.165, 1.54) is 18.3 Å². The molecule has 4 nitrogen and oxygen atoms in total. The first kappa shape index (κ1) is 16.1. The van der Waals surface area contributed by atoms with Crippen LogP contribution in [0.15, 0.2) is 65.0 Å². The predicted molar refractivity (Wildman–Crippen MR) is 94.7 cm³/mol. The molecule has 0 saturated carbocycles. The zero-order valence-corrected chi connectivity index (χ0v) is 14.2. The highest BCUT2D eigenvalue weighted by Crippen LogP contribution is 2.13. The Morgan fingerprint density at radius 2 is 1.62 bits per heavy atom. The van der Waals surface area contributed by atoms with Gasteiger partial charge in [-0.3, -0.25) is 14.2 Å². The second-order valence-corrected chi connectivity index (χ2v) is 6.22. The van der Waals surface area contributed by atoms with Gasteiger partial charge in [0.25, 0.3) is 5.91 Å². The molecule has 3 aromatic rings. The van der Waals surface area contributed by atoms with E-state index < -0.39 is 0 Å². The van der Waals surface area contributed by atoms with Crippen LogP contribution < -0.4 is 4.80 Å². The van der Waals surface area contributed by atoms with E-state index in [9.17, 15) is 9.59 Å². The number of carbonyl (C=O) groups is 2. The number of rotatable bonds is 3. The molecule has 0 bridgehead atoms. The first-order valence-corrected chi connectivity index (χ1v) is 8.37. The number of hydrogen-bond acceptors (Lipinski definition) is 3. The normalized spacial score (nSPS) is 11.5. The van der Waals surface area contributed by atoms with Crippen LogP contribution in [0.1, 0.15) is 33.3 Å². The molecule has 120 valence electrons. The SMILES string of the molecule is CC(=O)c1ccc(-n2c(C)csc2=NC(=O)c2ccccc2)cc1. The monoisotopic (exact) mass is 336 g/mol.